The van der Waals surface area contributed by atoms with Crippen molar-refractivity contribution >= 4 is 26.9 Å². The second kappa shape index (κ2) is 8.62. The van der Waals surface area contributed by atoms with Gasteiger partial charge in [0.05, 0.1) is 23.4 Å². The van der Waals surface area contributed by atoms with Crippen LogP contribution in [0.4, 0.5) is 0 Å². The van der Waals surface area contributed by atoms with E-state index in [0.29, 0.717) is 24.2 Å². The van der Waals surface area contributed by atoms with E-state index in [9.17, 15) is 13.2 Å². The molecular formula is C23H26N2O4S. The van der Waals surface area contributed by atoms with Gasteiger partial charge in [-0.05, 0) is 54.3 Å². The van der Waals surface area contributed by atoms with E-state index in [1.54, 1.807) is 30.5 Å². The van der Waals surface area contributed by atoms with Crippen LogP contribution in [0.1, 0.15) is 36.5 Å². The van der Waals surface area contributed by atoms with Crippen LogP contribution >= 0.6 is 0 Å². The highest BCUT2D eigenvalue weighted by molar-refractivity contribution is 7.90. The zero-order valence-corrected chi connectivity index (χ0v) is 17.9. The molecule has 0 bridgehead atoms. The molecule has 0 aliphatic carbocycles. The van der Waals surface area contributed by atoms with E-state index in [1.165, 1.54) is 9.54 Å². The van der Waals surface area contributed by atoms with Crippen LogP contribution in [0.5, 0.6) is 0 Å². The standard InChI is InChI=1S/C23H26N2O4S/c1-2-3-12-29-23(26)14-19-16-25(22-7-5-4-6-21(19)22)30(27,28)20-9-8-17-10-11-24-15-18(17)13-20/h4-9,13,16,24H,2-3,10-12,14-15H2,1H3. The molecule has 1 aromatic heterocycles. The minimum Gasteiger partial charge on any atom is -0.465 e. The first-order valence-electron chi connectivity index (χ1n) is 10.3. The van der Waals surface area contributed by atoms with Gasteiger partial charge in [-0.3, -0.25) is 4.79 Å². The molecule has 158 valence electrons. The van der Waals surface area contributed by atoms with Crippen molar-refractivity contribution in [3.05, 3.63) is 65.4 Å². The van der Waals surface area contributed by atoms with Crippen LogP contribution in [-0.2, 0) is 38.9 Å². The van der Waals surface area contributed by atoms with Crippen LogP contribution in [0.15, 0.2) is 53.6 Å². The number of ether oxygens (including phenoxy) is 1. The van der Waals surface area contributed by atoms with E-state index < -0.39 is 10.0 Å². The molecule has 7 heteroatoms. The quantitative estimate of drug-likeness (QED) is 0.463. The van der Waals surface area contributed by atoms with Gasteiger partial charge in [0.25, 0.3) is 10.0 Å². The van der Waals surface area contributed by atoms with Crippen molar-refractivity contribution in [2.24, 2.45) is 0 Å². The Morgan fingerprint density at radius 3 is 2.83 bits per heavy atom. The normalized spacial score (nSPS) is 13.9. The maximum Gasteiger partial charge on any atom is 0.310 e. The lowest BCUT2D eigenvalue weighted by Gasteiger charge is -2.18. The summed E-state index contributed by atoms with van der Waals surface area (Å²) >= 11 is 0. The van der Waals surface area contributed by atoms with E-state index in [-0.39, 0.29) is 17.3 Å². The molecule has 0 radical (unpaired) electrons. The smallest absolute Gasteiger partial charge is 0.310 e. The zero-order chi connectivity index (χ0) is 21.1. The van der Waals surface area contributed by atoms with Crippen molar-refractivity contribution in [2.45, 2.75) is 44.0 Å². The number of hydrogen-bond acceptors (Lipinski definition) is 5. The predicted molar refractivity (Wildman–Crippen MR) is 116 cm³/mol. The molecule has 6 nitrogen and oxygen atoms in total. The third kappa shape index (κ3) is 4.00. The maximum absolute atomic E-state index is 13.5. The van der Waals surface area contributed by atoms with Gasteiger partial charge in [-0.2, -0.15) is 0 Å². The highest BCUT2D eigenvalue weighted by Gasteiger charge is 2.23. The number of esters is 1. The van der Waals surface area contributed by atoms with E-state index in [4.69, 9.17) is 4.74 Å². The molecule has 0 unspecified atom stereocenters. The fourth-order valence-corrected chi connectivity index (χ4v) is 5.27. The maximum atomic E-state index is 13.5. The van der Waals surface area contributed by atoms with Gasteiger partial charge in [0, 0.05) is 18.1 Å². The van der Waals surface area contributed by atoms with Crippen LogP contribution in [0, 0.1) is 0 Å². The Kier molecular flexibility index (Phi) is 5.92. The van der Waals surface area contributed by atoms with Gasteiger partial charge in [-0.25, -0.2) is 12.4 Å². The molecule has 0 saturated carbocycles. The van der Waals surface area contributed by atoms with Gasteiger partial charge >= 0.3 is 5.97 Å². The van der Waals surface area contributed by atoms with Gasteiger partial charge in [0.15, 0.2) is 0 Å². The molecule has 0 spiro atoms. The summed E-state index contributed by atoms with van der Waals surface area (Å²) in [5.41, 5.74) is 3.40. The highest BCUT2D eigenvalue weighted by atomic mass is 32.2. The van der Waals surface area contributed by atoms with Crippen molar-refractivity contribution in [3.8, 4) is 0 Å². The molecule has 2 heterocycles. The molecule has 0 atom stereocenters. The summed E-state index contributed by atoms with van der Waals surface area (Å²) in [6.45, 7) is 3.98. The number of rotatable bonds is 7. The fraction of sp³-hybridized carbons (Fsp3) is 0.348. The van der Waals surface area contributed by atoms with Crippen molar-refractivity contribution in [1.82, 2.24) is 9.29 Å². The lowest BCUT2D eigenvalue weighted by Crippen LogP contribution is -2.24. The first kappa shape index (κ1) is 20.6. The molecule has 1 N–H and O–H groups in total. The summed E-state index contributed by atoms with van der Waals surface area (Å²) in [6.07, 6.45) is 4.25. The van der Waals surface area contributed by atoms with Crippen LogP contribution in [0.3, 0.4) is 0 Å². The molecule has 30 heavy (non-hydrogen) atoms. The number of para-hydroxylation sites is 1. The number of hydrogen-bond donors (Lipinski definition) is 1. The monoisotopic (exact) mass is 426 g/mol. The Bertz CT molecular complexity index is 1180. The lowest BCUT2D eigenvalue weighted by molar-refractivity contribution is -0.142. The Balaban J connectivity index is 1.71. The average molecular weight is 427 g/mol. The van der Waals surface area contributed by atoms with Crippen LogP contribution in [0.25, 0.3) is 10.9 Å². The van der Waals surface area contributed by atoms with Crippen LogP contribution < -0.4 is 5.32 Å². The number of fused-ring (bicyclic) bond motifs is 2. The first-order valence-corrected chi connectivity index (χ1v) is 11.8. The van der Waals surface area contributed by atoms with E-state index in [2.05, 4.69) is 5.32 Å². The second-order valence-electron chi connectivity index (χ2n) is 7.58. The summed E-state index contributed by atoms with van der Waals surface area (Å²) in [7, 11) is -3.80. The van der Waals surface area contributed by atoms with Crippen LogP contribution in [0.2, 0.25) is 0 Å². The molecule has 3 aromatic rings. The summed E-state index contributed by atoms with van der Waals surface area (Å²) in [5, 5.41) is 4.03. The number of nitrogens with one attached hydrogen (secondary N) is 1. The van der Waals surface area contributed by atoms with E-state index >= 15 is 0 Å². The Morgan fingerprint density at radius 2 is 2.00 bits per heavy atom. The average Bonchev–Trinajstić information content (AvgIpc) is 3.13. The Hall–Kier alpha value is -2.64. The molecule has 4 rings (SSSR count). The molecule has 1 aliphatic rings. The molecule has 2 aromatic carbocycles. The number of nitrogens with zero attached hydrogens (tertiary/aromatic N) is 1. The third-order valence-electron chi connectivity index (χ3n) is 5.48. The largest absolute Gasteiger partial charge is 0.465 e. The van der Waals surface area contributed by atoms with E-state index in [0.717, 1.165) is 36.8 Å². The second-order valence-corrected chi connectivity index (χ2v) is 9.40. The molecule has 0 amide bonds. The van der Waals surface area contributed by atoms with Crippen molar-refractivity contribution in [3.63, 3.8) is 0 Å². The topological polar surface area (TPSA) is 77.4 Å². The number of carbonyl (C=O) groups excluding carboxylic acids is 1. The zero-order valence-electron chi connectivity index (χ0n) is 17.1. The molecule has 0 fully saturated rings. The third-order valence-corrected chi connectivity index (χ3v) is 7.15. The predicted octanol–water partition coefficient (Wildman–Crippen LogP) is 3.41. The Morgan fingerprint density at radius 1 is 1.17 bits per heavy atom. The lowest BCUT2D eigenvalue weighted by atomic mass is 10.0. The van der Waals surface area contributed by atoms with Crippen LogP contribution in [-0.4, -0.2) is 31.5 Å². The van der Waals surface area contributed by atoms with Gasteiger partial charge < -0.3 is 10.1 Å². The summed E-state index contributed by atoms with van der Waals surface area (Å²) in [4.78, 5) is 12.5. The fourth-order valence-electron chi connectivity index (χ4n) is 3.83. The summed E-state index contributed by atoms with van der Waals surface area (Å²) in [6, 6.07) is 12.6. The van der Waals surface area contributed by atoms with Gasteiger partial charge in [-0.15, -0.1) is 0 Å². The van der Waals surface area contributed by atoms with Gasteiger partial charge in [0.1, 0.15) is 0 Å². The number of benzene rings is 2. The molecule has 1 aliphatic heterocycles. The van der Waals surface area contributed by atoms with Gasteiger partial charge in [0.2, 0.25) is 0 Å². The minimum absolute atomic E-state index is 0.0425. The molecular weight excluding hydrogens is 400 g/mol. The molecule has 0 saturated heterocycles. The minimum atomic E-state index is -3.80. The van der Waals surface area contributed by atoms with Gasteiger partial charge in [-0.1, -0.05) is 37.6 Å². The Labute approximate surface area is 176 Å². The summed E-state index contributed by atoms with van der Waals surface area (Å²) < 4.78 is 33.5. The van der Waals surface area contributed by atoms with Crippen molar-refractivity contribution in [2.75, 3.05) is 13.2 Å². The number of carbonyl (C=O) groups is 1. The highest BCUT2D eigenvalue weighted by Crippen LogP contribution is 2.28. The number of unbranched alkanes of at least 4 members (excludes halogenated alkanes) is 1. The van der Waals surface area contributed by atoms with Crippen molar-refractivity contribution < 1.29 is 17.9 Å². The first-order chi connectivity index (χ1) is 14.5. The SMILES string of the molecule is CCCCOC(=O)Cc1cn(S(=O)(=O)c2ccc3c(c2)CNCC3)c2ccccc12. The van der Waals surface area contributed by atoms with E-state index in [1.807, 2.05) is 25.1 Å². The van der Waals surface area contributed by atoms with Crippen molar-refractivity contribution in [1.29, 1.82) is 0 Å². The summed E-state index contributed by atoms with van der Waals surface area (Å²) in [5.74, 6) is -0.344. The number of aromatic nitrogens is 1.